The molecule has 1 aromatic carbocycles. The topological polar surface area (TPSA) is 59.1 Å². The largest absolute Gasteiger partial charge is 0.388 e. The predicted octanol–water partition coefficient (Wildman–Crippen LogP) is 2.26. The number of pyridine rings is 1. The number of aliphatic hydroxyl groups excluding tert-OH is 1. The van der Waals surface area contributed by atoms with E-state index in [9.17, 15) is 5.11 Å². The molecule has 3 N–H and O–H groups in total. The van der Waals surface area contributed by atoms with Gasteiger partial charge in [0.1, 0.15) is 5.82 Å². The molecule has 1 atom stereocenters. The molecular formula is C12H14N2O. The molecule has 0 saturated carbocycles. The first-order valence-electron chi connectivity index (χ1n) is 5.05. The molecule has 0 radical (unpaired) electrons. The molecule has 0 spiro atoms. The van der Waals surface area contributed by atoms with Crippen LogP contribution in [0.1, 0.15) is 25.0 Å². The quantitative estimate of drug-likeness (QED) is 0.785. The number of nitrogens with zero attached hydrogens (tertiary/aromatic N) is 1. The number of hydrogen-bond donors (Lipinski definition) is 2. The predicted molar refractivity (Wildman–Crippen MR) is 61.4 cm³/mol. The van der Waals surface area contributed by atoms with E-state index in [-0.39, 0.29) is 0 Å². The second kappa shape index (κ2) is 3.87. The summed E-state index contributed by atoms with van der Waals surface area (Å²) in [6, 6.07) is 9.65. The molecule has 0 fully saturated rings. The summed E-state index contributed by atoms with van der Waals surface area (Å²) in [6.07, 6.45) is 0.117. The van der Waals surface area contributed by atoms with E-state index in [0.29, 0.717) is 12.2 Å². The highest BCUT2D eigenvalue weighted by Gasteiger charge is 2.10. The van der Waals surface area contributed by atoms with Crippen LogP contribution >= 0.6 is 0 Å². The minimum Gasteiger partial charge on any atom is -0.388 e. The van der Waals surface area contributed by atoms with Gasteiger partial charge in [0.25, 0.3) is 0 Å². The summed E-state index contributed by atoms with van der Waals surface area (Å²) in [5.41, 5.74) is 7.37. The maximum absolute atomic E-state index is 9.75. The first kappa shape index (κ1) is 9.93. The van der Waals surface area contributed by atoms with Gasteiger partial charge < -0.3 is 10.8 Å². The van der Waals surface area contributed by atoms with E-state index in [4.69, 9.17) is 5.73 Å². The monoisotopic (exact) mass is 202 g/mol. The molecule has 1 aromatic heterocycles. The highest BCUT2D eigenvalue weighted by Crippen LogP contribution is 2.25. The molecule has 15 heavy (non-hydrogen) atoms. The molecule has 1 heterocycles. The number of anilines is 1. The minimum absolute atomic E-state index is 0.419. The number of nitrogen functional groups attached to an aromatic ring is 1. The molecule has 0 aliphatic carbocycles. The van der Waals surface area contributed by atoms with Gasteiger partial charge >= 0.3 is 0 Å². The lowest BCUT2D eigenvalue weighted by molar-refractivity contribution is 0.174. The Kier molecular flexibility index (Phi) is 2.56. The third kappa shape index (κ3) is 1.78. The van der Waals surface area contributed by atoms with Crippen LogP contribution in [0.5, 0.6) is 0 Å². The Balaban J connectivity index is 2.61. The molecule has 0 aliphatic rings. The van der Waals surface area contributed by atoms with Crippen LogP contribution < -0.4 is 5.73 Å². The first-order valence-corrected chi connectivity index (χ1v) is 5.05. The van der Waals surface area contributed by atoms with Crippen LogP contribution in [0.2, 0.25) is 0 Å². The van der Waals surface area contributed by atoms with Gasteiger partial charge in [0, 0.05) is 10.9 Å². The zero-order chi connectivity index (χ0) is 10.8. The van der Waals surface area contributed by atoms with Gasteiger partial charge in [-0.2, -0.15) is 0 Å². The normalized spacial score (nSPS) is 12.9. The molecule has 0 saturated heterocycles. The number of rotatable bonds is 2. The lowest BCUT2D eigenvalue weighted by Crippen LogP contribution is -2.03. The van der Waals surface area contributed by atoms with E-state index in [2.05, 4.69) is 4.98 Å². The van der Waals surface area contributed by atoms with Crippen LogP contribution in [0.3, 0.4) is 0 Å². The summed E-state index contributed by atoms with van der Waals surface area (Å²) < 4.78 is 0. The van der Waals surface area contributed by atoms with Gasteiger partial charge in [-0.25, -0.2) is 4.98 Å². The molecular weight excluding hydrogens is 188 g/mol. The smallest absolute Gasteiger partial charge is 0.129 e. The minimum atomic E-state index is -0.526. The van der Waals surface area contributed by atoms with Crippen molar-refractivity contribution in [1.82, 2.24) is 4.98 Å². The van der Waals surface area contributed by atoms with Gasteiger partial charge in [-0.15, -0.1) is 0 Å². The van der Waals surface area contributed by atoms with Crippen LogP contribution in [-0.2, 0) is 0 Å². The van der Waals surface area contributed by atoms with Crippen LogP contribution in [0.4, 0.5) is 5.82 Å². The first-order chi connectivity index (χ1) is 7.22. The Labute approximate surface area is 88.6 Å². The fourth-order valence-electron chi connectivity index (χ4n) is 1.63. The summed E-state index contributed by atoms with van der Waals surface area (Å²) in [5.74, 6) is 0.419. The number of hydrogen-bond acceptors (Lipinski definition) is 3. The third-order valence-corrected chi connectivity index (χ3v) is 2.53. The van der Waals surface area contributed by atoms with Crippen molar-refractivity contribution in [1.29, 1.82) is 0 Å². The Bertz CT molecular complexity index is 482. The maximum atomic E-state index is 9.75. The second-order valence-electron chi connectivity index (χ2n) is 3.58. The van der Waals surface area contributed by atoms with Crippen LogP contribution in [0.25, 0.3) is 10.9 Å². The molecule has 2 aromatic rings. The van der Waals surface area contributed by atoms with Crippen molar-refractivity contribution in [3.8, 4) is 0 Å². The van der Waals surface area contributed by atoms with Crippen LogP contribution in [-0.4, -0.2) is 10.1 Å². The Morgan fingerprint density at radius 3 is 2.87 bits per heavy atom. The van der Waals surface area contributed by atoms with Crippen molar-refractivity contribution >= 4 is 16.7 Å². The van der Waals surface area contributed by atoms with Gasteiger partial charge in [-0.1, -0.05) is 25.1 Å². The summed E-state index contributed by atoms with van der Waals surface area (Å²) in [4.78, 5) is 4.26. The van der Waals surface area contributed by atoms with Crippen molar-refractivity contribution < 1.29 is 5.11 Å². The molecule has 78 valence electrons. The fraction of sp³-hybridized carbons (Fsp3) is 0.250. The zero-order valence-electron chi connectivity index (χ0n) is 8.64. The number of benzene rings is 1. The van der Waals surface area contributed by atoms with Gasteiger partial charge in [-0.3, -0.25) is 0 Å². The fourth-order valence-corrected chi connectivity index (χ4v) is 1.63. The Morgan fingerprint density at radius 2 is 2.13 bits per heavy atom. The summed E-state index contributed by atoms with van der Waals surface area (Å²) >= 11 is 0. The van der Waals surface area contributed by atoms with Crippen molar-refractivity contribution in [2.75, 3.05) is 5.73 Å². The maximum Gasteiger partial charge on any atom is 0.129 e. The summed E-state index contributed by atoms with van der Waals surface area (Å²) in [5, 5.41) is 10.8. The number of nitrogens with two attached hydrogens (primary N) is 1. The van der Waals surface area contributed by atoms with Gasteiger partial charge in [0.15, 0.2) is 0 Å². The number of fused-ring (bicyclic) bond motifs is 1. The third-order valence-electron chi connectivity index (χ3n) is 2.53. The lowest BCUT2D eigenvalue weighted by Gasteiger charge is -2.11. The standard InChI is InChI=1S/C12H14N2O/c1-2-11(15)9-7-8-5-3-4-6-10(8)14-12(9)13/h3-7,11,15H,2H2,1H3,(H2,13,14). The van der Waals surface area contributed by atoms with Gasteiger partial charge in [0.05, 0.1) is 11.6 Å². The molecule has 1 unspecified atom stereocenters. The van der Waals surface area contributed by atoms with Crippen molar-refractivity contribution in [3.63, 3.8) is 0 Å². The van der Waals surface area contributed by atoms with Gasteiger partial charge in [0.2, 0.25) is 0 Å². The number of para-hydroxylation sites is 1. The second-order valence-corrected chi connectivity index (χ2v) is 3.58. The van der Waals surface area contributed by atoms with Crippen LogP contribution in [0.15, 0.2) is 30.3 Å². The summed E-state index contributed by atoms with van der Waals surface area (Å²) in [6.45, 7) is 1.92. The molecule has 0 amide bonds. The molecule has 0 aliphatic heterocycles. The zero-order valence-corrected chi connectivity index (χ0v) is 8.64. The molecule has 2 rings (SSSR count). The van der Waals surface area contributed by atoms with E-state index in [1.807, 2.05) is 37.3 Å². The number of aromatic nitrogens is 1. The Hall–Kier alpha value is -1.61. The van der Waals surface area contributed by atoms with E-state index < -0.39 is 6.10 Å². The van der Waals surface area contributed by atoms with Crippen molar-refractivity contribution in [2.24, 2.45) is 0 Å². The SMILES string of the molecule is CCC(O)c1cc2ccccc2nc1N. The Morgan fingerprint density at radius 1 is 1.40 bits per heavy atom. The average molecular weight is 202 g/mol. The highest BCUT2D eigenvalue weighted by molar-refractivity contribution is 5.81. The van der Waals surface area contributed by atoms with E-state index in [1.165, 1.54) is 0 Å². The van der Waals surface area contributed by atoms with Crippen molar-refractivity contribution in [2.45, 2.75) is 19.4 Å². The summed E-state index contributed by atoms with van der Waals surface area (Å²) in [7, 11) is 0. The molecule has 0 bridgehead atoms. The van der Waals surface area contributed by atoms with E-state index in [0.717, 1.165) is 16.5 Å². The average Bonchev–Trinajstić information content (AvgIpc) is 2.27. The van der Waals surface area contributed by atoms with Gasteiger partial charge in [-0.05, 0) is 18.6 Å². The molecule has 3 heteroatoms. The highest BCUT2D eigenvalue weighted by atomic mass is 16.3. The lowest BCUT2D eigenvalue weighted by atomic mass is 10.1. The molecule has 3 nitrogen and oxygen atoms in total. The van der Waals surface area contributed by atoms with E-state index in [1.54, 1.807) is 0 Å². The van der Waals surface area contributed by atoms with E-state index >= 15 is 0 Å². The van der Waals surface area contributed by atoms with Crippen LogP contribution in [0, 0.1) is 0 Å². The van der Waals surface area contributed by atoms with Crippen molar-refractivity contribution in [3.05, 3.63) is 35.9 Å². The number of aliphatic hydroxyl groups is 1.